The van der Waals surface area contributed by atoms with E-state index in [0.29, 0.717) is 11.5 Å². The summed E-state index contributed by atoms with van der Waals surface area (Å²) in [7, 11) is 0. The first kappa shape index (κ1) is 19.0. The lowest BCUT2D eigenvalue weighted by Crippen LogP contribution is -2.53. The number of hydrogen-bond acceptors (Lipinski definition) is 2. The summed E-state index contributed by atoms with van der Waals surface area (Å²) in [5, 5.41) is 3.82. The van der Waals surface area contributed by atoms with Gasteiger partial charge in [0.05, 0.1) is 0 Å². The Balaban J connectivity index is 2.64. The van der Waals surface area contributed by atoms with E-state index in [4.69, 9.17) is 0 Å². The predicted molar refractivity (Wildman–Crippen MR) is 94.8 cm³/mol. The Bertz CT molecular complexity index is 254. The van der Waals surface area contributed by atoms with E-state index in [0.717, 1.165) is 12.5 Å². The first-order valence-electron chi connectivity index (χ1n) is 9.50. The van der Waals surface area contributed by atoms with Crippen molar-refractivity contribution in [1.82, 2.24) is 10.2 Å². The van der Waals surface area contributed by atoms with Gasteiger partial charge in [-0.25, -0.2) is 0 Å². The molecule has 126 valence electrons. The summed E-state index contributed by atoms with van der Waals surface area (Å²) >= 11 is 0. The molecule has 1 N–H and O–H groups in total. The molecule has 2 heteroatoms. The molecule has 1 saturated carbocycles. The minimum atomic E-state index is 0.458. The van der Waals surface area contributed by atoms with Crippen molar-refractivity contribution >= 4 is 0 Å². The van der Waals surface area contributed by atoms with E-state index in [9.17, 15) is 0 Å². The van der Waals surface area contributed by atoms with Gasteiger partial charge in [0.1, 0.15) is 0 Å². The standard InChI is InChI=1S/C19H40N2/c1-6-9-14-21(15-10-7-2)16-17-12-11-13-19(4,5)18(17)20-8-3/h17-18,20H,6-16H2,1-5H3. The van der Waals surface area contributed by atoms with Gasteiger partial charge in [-0.2, -0.15) is 0 Å². The average molecular weight is 297 g/mol. The summed E-state index contributed by atoms with van der Waals surface area (Å²) in [5.41, 5.74) is 0.458. The molecule has 0 saturated heterocycles. The fourth-order valence-corrected chi connectivity index (χ4v) is 4.03. The van der Waals surface area contributed by atoms with E-state index >= 15 is 0 Å². The van der Waals surface area contributed by atoms with Crippen molar-refractivity contribution in [2.24, 2.45) is 11.3 Å². The lowest BCUT2D eigenvalue weighted by molar-refractivity contribution is 0.0787. The van der Waals surface area contributed by atoms with Crippen molar-refractivity contribution in [3.63, 3.8) is 0 Å². The minimum Gasteiger partial charge on any atom is -0.313 e. The molecule has 0 heterocycles. The number of unbranched alkanes of at least 4 members (excludes halogenated alkanes) is 2. The molecular formula is C19H40N2. The van der Waals surface area contributed by atoms with Crippen molar-refractivity contribution < 1.29 is 0 Å². The Hall–Kier alpha value is -0.0800. The summed E-state index contributed by atoms with van der Waals surface area (Å²) in [6.45, 7) is 16.8. The Morgan fingerprint density at radius 1 is 1.05 bits per heavy atom. The highest BCUT2D eigenvalue weighted by Crippen LogP contribution is 2.39. The monoisotopic (exact) mass is 296 g/mol. The van der Waals surface area contributed by atoms with Gasteiger partial charge in [-0.05, 0) is 56.7 Å². The van der Waals surface area contributed by atoms with Gasteiger partial charge in [0.15, 0.2) is 0 Å². The maximum Gasteiger partial charge on any atom is 0.0159 e. The molecular weight excluding hydrogens is 256 g/mol. The molecule has 1 aliphatic carbocycles. The van der Waals surface area contributed by atoms with Gasteiger partial charge in [0.2, 0.25) is 0 Å². The molecule has 0 bridgehead atoms. The van der Waals surface area contributed by atoms with Crippen LogP contribution < -0.4 is 5.32 Å². The molecule has 0 aromatic rings. The number of rotatable bonds is 10. The smallest absolute Gasteiger partial charge is 0.0159 e. The van der Waals surface area contributed by atoms with Crippen LogP contribution in [0.1, 0.15) is 79.6 Å². The van der Waals surface area contributed by atoms with Gasteiger partial charge in [-0.1, -0.05) is 53.9 Å². The van der Waals surface area contributed by atoms with Crippen molar-refractivity contribution in [3.8, 4) is 0 Å². The van der Waals surface area contributed by atoms with E-state index < -0.39 is 0 Å². The van der Waals surface area contributed by atoms with Crippen LogP contribution in [0.4, 0.5) is 0 Å². The third kappa shape index (κ3) is 6.28. The average Bonchev–Trinajstić information content (AvgIpc) is 2.45. The highest BCUT2D eigenvalue weighted by molar-refractivity contribution is 4.94. The maximum absolute atomic E-state index is 3.82. The second kappa shape index (κ2) is 9.84. The topological polar surface area (TPSA) is 15.3 Å². The van der Waals surface area contributed by atoms with Crippen molar-refractivity contribution in [1.29, 1.82) is 0 Å². The lowest BCUT2D eigenvalue weighted by atomic mass is 9.67. The first-order valence-corrected chi connectivity index (χ1v) is 9.50. The normalized spacial score (nSPS) is 25.4. The van der Waals surface area contributed by atoms with E-state index in [1.807, 2.05) is 0 Å². The zero-order chi connectivity index (χ0) is 15.7. The molecule has 0 aromatic carbocycles. The Labute approximate surface area is 134 Å². The van der Waals surface area contributed by atoms with Gasteiger partial charge in [-0.3, -0.25) is 0 Å². The van der Waals surface area contributed by atoms with Crippen LogP contribution in [-0.2, 0) is 0 Å². The molecule has 0 aromatic heterocycles. The van der Waals surface area contributed by atoms with Crippen LogP contribution in [0.3, 0.4) is 0 Å². The Morgan fingerprint density at radius 3 is 2.19 bits per heavy atom. The fourth-order valence-electron chi connectivity index (χ4n) is 4.03. The minimum absolute atomic E-state index is 0.458. The second-order valence-electron chi connectivity index (χ2n) is 7.68. The van der Waals surface area contributed by atoms with Crippen LogP contribution in [-0.4, -0.2) is 37.1 Å². The highest BCUT2D eigenvalue weighted by atomic mass is 15.1. The zero-order valence-corrected chi connectivity index (χ0v) is 15.4. The second-order valence-corrected chi connectivity index (χ2v) is 7.68. The summed E-state index contributed by atoms with van der Waals surface area (Å²) in [6.07, 6.45) is 9.54. The number of nitrogens with one attached hydrogen (secondary N) is 1. The molecule has 0 aliphatic heterocycles. The third-order valence-electron chi connectivity index (χ3n) is 5.28. The molecule has 1 rings (SSSR count). The van der Waals surface area contributed by atoms with Crippen LogP contribution in [0, 0.1) is 11.3 Å². The highest BCUT2D eigenvalue weighted by Gasteiger charge is 2.38. The fraction of sp³-hybridized carbons (Fsp3) is 1.00. The lowest BCUT2D eigenvalue weighted by Gasteiger charge is -2.46. The molecule has 0 spiro atoms. The number of hydrogen-bond donors (Lipinski definition) is 1. The summed E-state index contributed by atoms with van der Waals surface area (Å²) < 4.78 is 0. The predicted octanol–water partition coefficient (Wildman–Crippen LogP) is 4.69. The van der Waals surface area contributed by atoms with E-state index in [-0.39, 0.29) is 0 Å². The van der Waals surface area contributed by atoms with Crippen LogP contribution >= 0.6 is 0 Å². The molecule has 1 fully saturated rings. The summed E-state index contributed by atoms with van der Waals surface area (Å²) in [6, 6.07) is 0.696. The zero-order valence-electron chi connectivity index (χ0n) is 15.4. The van der Waals surface area contributed by atoms with E-state index in [1.165, 1.54) is 64.6 Å². The van der Waals surface area contributed by atoms with E-state index in [2.05, 4.69) is 44.8 Å². The van der Waals surface area contributed by atoms with Gasteiger partial charge in [0, 0.05) is 12.6 Å². The van der Waals surface area contributed by atoms with Crippen molar-refractivity contribution in [2.45, 2.75) is 85.6 Å². The van der Waals surface area contributed by atoms with Gasteiger partial charge in [0.25, 0.3) is 0 Å². The van der Waals surface area contributed by atoms with Gasteiger partial charge < -0.3 is 10.2 Å². The molecule has 2 atom stereocenters. The quantitative estimate of drug-likeness (QED) is 0.629. The summed E-state index contributed by atoms with van der Waals surface area (Å²) in [5.74, 6) is 0.836. The van der Waals surface area contributed by atoms with Crippen LogP contribution in [0.25, 0.3) is 0 Å². The third-order valence-corrected chi connectivity index (χ3v) is 5.28. The van der Waals surface area contributed by atoms with Gasteiger partial charge >= 0.3 is 0 Å². The van der Waals surface area contributed by atoms with Gasteiger partial charge in [-0.15, -0.1) is 0 Å². The molecule has 0 amide bonds. The first-order chi connectivity index (χ1) is 10.0. The van der Waals surface area contributed by atoms with Crippen molar-refractivity contribution in [3.05, 3.63) is 0 Å². The molecule has 2 nitrogen and oxygen atoms in total. The number of nitrogens with zero attached hydrogens (tertiary/aromatic N) is 1. The molecule has 1 aliphatic rings. The van der Waals surface area contributed by atoms with Crippen LogP contribution in [0.2, 0.25) is 0 Å². The van der Waals surface area contributed by atoms with E-state index in [1.54, 1.807) is 0 Å². The SMILES string of the molecule is CCCCN(CCCC)CC1CCCC(C)(C)C1NCC. The Kier molecular flexibility index (Phi) is 8.89. The molecule has 0 radical (unpaired) electrons. The van der Waals surface area contributed by atoms with Crippen LogP contribution in [0.15, 0.2) is 0 Å². The van der Waals surface area contributed by atoms with Crippen LogP contribution in [0.5, 0.6) is 0 Å². The largest absolute Gasteiger partial charge is 0.313 e. The Morgan fingerprint density at radius 2 is 1.67 bits per heavy atom. The molecule has 2 unspecified atom stereocenters. The van der Waals surface area contributed by atoms with Crippen molar-refractivity contribution in [2.75, 3.05) is 26.2 Å². The maximum atomic E-state index is 3.82. The molecule has 21 heavy (non-hydrogen) atoms. The summed E-state index contributed by atoms with van der Waals surface area (Å²) in [4.78, 5) is 2.75.